The van der Waals surface area contributed by atoms with E-state index in [4.69, 9.17) is 8.83 Å². The summed E-state index contributed by atoms with van der Waals surface area (Å²) in [5.41, 5.74) is 0.574. The van der Waals surface area contributed by atoms with Gasteiger partial charge in [-0.2, -0.15) is 0 Å². The van der Waals surface area contributed by atoms with Crippen LogP contribution in [-0.4, -0.2) is 16.1 Å². The number of carbonyl (C=O) groups is 1. The molecule has 0 aliphatic rings. The van der Waals surface area contributed by atoms with Crippen LogP contribution in [0.25, 0.3) is 11.7 Å². The van der Waals surface area contributed by atoms with Crippen molar-refractivity contribution >= 4 is 28.5 Å². The molecule has 1 N–H and O–H groups in total. The van der Waals surface area contributed by atoms with Gasteiger partial charge in [0.25, 0.3) is 11.8 Å². The molecule has 2 aromatic heterocycles. The van der Waals surface area contributed by atoms with E-state index in [-0.39, 0.29) is 11.8 Å². The molecular weight excluding hydrogens is 385 g/mol. The quantitative estimate of drug-likeness (QED) is 0.417. The molecule has 0 saturated carbocycles. The van der Waals surface area contributed by atoms with E-state index in [1.807, 2.05) is 28.7 Å². The lowest BCUT2D eigenvalue weighted by Crippen LogP contribution is -2.25. The molecule has 1 atom stereocenters. The van der Waals surface area contributed by atoms with Gasteiger partial charge in [0.05, 0.1) is 6.26 Å². The summed E-state index contributed by atoms with van der Waals surface area (Å²) in [6.45, 7) is 0. The smallest absolute Gasteiger partial charge is 0.283 e. The Balaban J connectivity index is 1.71. The zero-order chi connectivity index (χ0) is 14.7. The third kappa shape index (κ3) is 3.13. The molecule has 0 saturated heterocycles. The lowest BCUT2D eigenvalue weighted by Gasteiger charge is -2.08. The number of amides is 1. The lowest BCUT2D eigenvalue weighted by atomic mass is 10.2. The first-order valence-corrected chi connectivity index (χ1v) is 7.36. The van der Waals surface area contributed by atoms with Crippen LogP contribution in [0.5, 0.6) is 0 Å². The molecule has 0 fully saturated rings. The van der Waals surface area contributed by atoms with Crippen LogP contribution in [0.3, 0.4) is 0 Å². The molecule has 1 aromatic carbocycles. The molecule has 7 heteroatoms. The van der Waals surface area contributed by atoms with E-state index in [0.29, 0.717) is 17.2 Å². The number of alkyl halides is 1. The van der Waals surface area contributed by atoms with E-state index in [0.717, 1.165) is 0 Å². The van der Waals surface area contributed by atoms with Gasteiger partial charge in [-0.25, -0.2) is 0 Å². The van der Waals surface area contributed by atoms with E-state index < -0.39 is 4.05 Å². The van der Waals surface area contributed by atoms with Crippen molar-refractivity contribution in [2.45, 2.75) is 4.05 Å². The second kappa shape index (κ2) is 6.08. The Morgan fingerprint density at radius 2 is 1.95 bits per heavy atom. The van der Waals surface area contributed by atoms with Crippen LogP contribution in [-0.2, 0) is 0 Å². The molecule has 2 heterocycles. The molecule has 0 spiro atoms. The maximum atomic E-state index is 12.0. The zero-order valence-corrected chi connectivity index (χ0v) is 12.9. The fraction of sp³-hybridized carbons (Fsp3) is 0.0714. The van der Waals surface area contributed by atoms with Gasteiger partial charge in [0, 0.05) is 5.56 Å². The number of halogens is 1. The highest BCUT2D eigenvalue weighted by molar-refractivity contribution is 14.1. The van der Waals surface area contributed by atoms with Crippen LogP contribution in [0.15, 0.2) is 57.6 Å². The molecule has 0 radical (unpaired) electrons. The van der Waals surface area contributed by atoms with Crippen molar-refractivity contribution in [2.24, 2.45) is 0 Å². The standard InChI is InChI=1S/C14H10IN3O3/c15-11(16-12(19)9-5-2-1-3-6-9)14-18-17-13(21-14)10-7-4-8-20-10/h1-8,11H,(H,16,19). The van der Waals surface area contributed by atoms with Crippen molar-refractivity contribution in [1.82, 2.24) is 15.5 Å². The molecule has 6 nitrogen and oxygen atoms in total. The maximum Gasteiger partial charge on any atom is 0.283 e. The second-order valence-corrected chi connectivity index (χ2v) is 5.37. The largest absolute Gasteiger partial charge is 0.459 e. The summed E-state index contributed by atoms with van der Waals surface area (Å²) in [5.74, 6) is 0.886. The fourth-order valence-electron chi connectivity index (χ4n) is 1.69. The van der Waals surface area contributed by atoms with Crippen molar-refractivity contribution in [2.75, 3.05) is 0 Å². The van der Waals surface area contributed by atoms with Crippen LogP contribution in [0.4, 0.5) is 0 Å². The predicted octanol–water partition coefficient (Wildman–Crippen LogP) is 3.19. The van der Waals surface area contributed by atoms with Crippen LogP contribution in [0, 0.1) is 0 Å². The number of furan rings is 1. The first kappa shape index (κ1) is 13.8. The summed E-state index contributed by atoms with van der Waals surface area (Å²) in [7, 11) is 0. The van der Waals surface area contributed by atoms with Gasteiger partial charge in [-0.3, -0.25) is 4.79 Å². The summed E-state index contributed by atoms with van der Waals surface area (Å²) >= 11 is 2.02. The Kier molecular flexibility index (Phi) is 4.00. The molecule has 1 unspecified atom stereocenters. The molecule has 1 amide bonds. The van der Waals surface area contributed by atoms with Crippen molar-refractivity contribution in [1.29, 1.82) is 0 Å². The van der Waals surface area contributed by atoms with E-state index in [1.54, 1.807) is 36.4 Å². The fourth-order valence-corrected chi connectivity index (χ4v) is 2.22. The van der Waals surface area contributed by atoms with Gasteiger partial charge in [-0.1, -0.05) is 18.2 Å². The first-order chi connectivity index (χ1) is 10.2. The lowest BCUT2D eigenvalue weighted by molar-refractivity contribution is 0.0948. The van der Waals surface area contributed by atoms with Crippen LogP contribution in [0.1, 0.15) is 20.3 Å². The van der Waals surface area contributed by atoms with Gasteiger partial charge < -0.3 is 14.2 Å². The van der Waals surface area contributed by atoms with E-state index >= 15 is 0 Å². The molecule has 21 heavy (non-hydrogen) atoms. The van der Waals surface area contributed by atoms with E-state index in [9.17, 15) is 4.79 Å². The van der Waals surface area contributed by atoms with Crippen LogP contribution < -0.4 is 5.32 Å². The second-order valence-electron chi connectivity index (χ2n) is 4.12. The summed E-state index contributed by atoms with van der Waals surface area (Å²) in [6.07, 6.45) is 1.53. The summed E-state index contributed by atoms with van der Waals surface area (Å²) in [4.78, 5) is 12.0. The molecule has 3 rings (SSSR count). The van der Waals surface area contributed by atoms with Crippen LogP contribution >= 0.6 is 22.6 Å². The monoisotopic (exact) mass is 395 g/mol. The number of rotatable bonds is 4. The van der Waals surface area contributed by atoms with Gasteiger partial charge in [0.2, 0.25) is 5.89 Å². The van der Waals surface area contributed by atoms with Gasteiger partial charge in [-0.15, -0.1) is 10.2 Å². The number of nitrogens with one attached hydrogen (secondary N) is 1. The minimum Gasteiger partial charge on any atom is -0.459 e. The average Bonchev–Trinajstić information content (AvgIpc) is 3.19. The normalized spacial score (nSPS) is 12.0. The van der Waals surface area contributed by atoms with Crippen molar-refractivity contribution in [3.05, 3.63) is 60.2 Å². The Hall–Kier alpha value is -2.16. The summed E-state index contributed by atoms with van der Waals surface area (Å²) in [6, 6.07) is 12.4. The van der Waals surface area contributed by atoms with Gasteiger partial charge in [0.1, 0.15) is 0 Å². The molecule has 0 aliphatic heterocycles. The highest BCUT2D eigenvalue weighted by Crippen LogP contribution is 2.24. The number of aromatic nitrogens is 2. The van der Waals surface area contributed by atoms with E-state index in [2.05, 4.69) is 15.5 Å². The van der Waals surface area contributed by atoms with Crippen molar-refractivity contribution in [3.8, 4) is 11.7 Å². The van der Waals surface area contributed by atoms with Crippen molar-refractivity contribution in [3.63, 3.8) is 0 Å². The van der Waals surface area contributed by atoms with Crippen LogP contribution in [0.2, 0.25) is 0 Å². The number of nitrogens with zero attached hydrogens (tertiary/aromatic N) is 2. The van der Waals surface area contributed by atoms with Gasteiger partial charge in [-0.05, 0) is 46.9 Å². The molecule has 0 bridgehead atoms. The summed E-state index contributed by atoms with van der Waals surface area (Å²) < 4.78 is 10.2. The minimum atomic E-state index is -0.425. The highest BCUT2D eigenvalue weighted by Gasteiger charge is 2.19. The minimum absolute atomic E-state index is 0.201. The SMILES string of the molecule is O=C(NC(I)c1nnc(-c2ccco2)o1)c1ccccc1. The molecule has 106 valence electrons. The number of carbonyl (C=O) groups excluding carboxylic acids is 1. The van der Waals surface area contributed by atoms with Gasteiger partial charge >= 0.3 is 0 Å². The average molecular weight is 395 g/mol. The molecule has 0 aliphatic carbocycles. The van der Waals surface area contributed by atoms with Crippen molar-refractivity contribution < 1.29 is 13.6 Å². The Bertz CT molecular complexity index is 725. The van der Waals surface area contributed by atoms with Gasteiger partial charge in [0.15, 0.2) is 9.81 Å². The summed E-state index contributed by atoms with van der Waals surface area (Å²) in [5, 5.41) is 10.6. The third-order valence-corrected chi connectivity index (χ3v) is 3.53. The highest BCUT2D eigenvalue weighted by atomic mass is 127. The Morgan fingerprint density at radius 3 is 2.67 bits per heavy atom. The molecular formula is C14H10IN3O3. The Morgan fingerprint density at radius 1 is 1.14 bits per heavy atom. The number of hydrogen-bond donors (Lipinski definition) is 1. The maximum absolute atomic E-state index is 12.0. The zero-order valence-electron chi connectivity index (χ0n) is 10.7. The Labute approximate surface area is 133 Å². The first-order valence-electron chi connectivity index (χ1n) is 6.11. The number of benzene rings is 1. The third-order valence-electron chi connectivity index (χ3n) is 2.68. The topological polar surface area (TPSA) is 81.2 Å². The van der Waals surface area contributed by atoms with E-state index in [1.165, 1.54) is 6.26 Å². The predicted molar refractivity (Wildman–Crippen MR) is 82.7 cm³/mol. The molecule has 3 aromatic rings. The number of hydrogen-bond acceptors (Lipinski definition) is 5.